The third-order valence-electron chi connectivity index (χ3n) is 28.8. The van der Waals surface area contributed by atoms with E-state index in [0.717, 1.165) is 131 Å². The zero-order valence-electron chi connectivity index (χ0n) is 46.2. The van der Waals surface area contributed by atoms with Crippen LogP contribution in [0.5, 0.6) is 0 Å². The molecule has 0 N–H and O–H groups in total. The van der Waals surface area contributed by atoms with Gasteiger partial charge in [0.15, 0.2) is 0 Å². The molecule has 0 amide bonds. The summed E-state index contributed by atoms with van der Waals surface area (Å²) in [6.45, 7) is 22.4. The van der Waals surface area contributed by atoms with Crippen LogP contribution in [0.4, 0.5) is 0 Å². The summed E-state index contributed by atoms with van der Waals surface area (Å²) in [5.41, 5.74) is 2.20. The number of nitrogens with zero attached hydrogens (tertiary/aromatic N) is 2. The van der Waals surface area contributed by atoms with Gasteiger partial charge in [-0.25, -0.2) is 0 Å². The number of fused-ring (bicyclic) bond motifs is 12. The van der Waals surface area contributed by atoms with Crippen LogP contribution in [0.2, 0.25) is 0 Å². The van der Waals surface area contributed by atoms with E-state index in [-0.39, 0.29) is 0 Å². The highest BCUT2D eigenvalue weighted by atomic mass is 15.3. The van der Waals surface area contributed by atoms with Crippen molar-refractivity contribution in [1.82, 2.24) is 9.80 Å². The molecule has 13 fully saturated rings. The average Bonchev–Trinajstić information content (AvgIpc) is 3.92. The van der Waals surface area contributed by atoms with Crippen LogP contribution in [0.1, 0.15) is 261 Å². The Morgan fingerprint density at radius 3 is 0.632 bits per heavy atom. The van der Waals surface area contributed by atoms with Crippen LogP contribution >= 0.6 is 0 Å². The van der Waals surface area contributed by atoms with Gasteiger partial charge >= 0.3 is 0 Å². The lowest BCUT2D eigenvalue weighted by Gasteiger charge is -2.55. The number of rotatable bonds is 6. The van der Waals surface area contributed by atoms with Crippen LogP contribution < -0.4 is 0 Å². The maximum absolute atomic E-state index is 3.49. The molecule has 2 nitrogen and oxygen atoms in total. The predicted octanol–water partition coefficient (Wildman–Crippen LogP) is 17.4. The largest absolute Gasteiger partial charge is 0.294 e. The molecule has 13 rings (SSSR count). The van der Waals surface area contributed by atoms with E-state index < -0.39 is 0 Å². The lowest BCUT2D eigenvalue weighted by molar-refractivity contribution is -0.0593. The topological polar surface area (TPSA) is 6.48 Å². The predicted molar refractivity (Wildman–Crippen MR) is 285 cm³/mol. The van der Waals surface area contributed by atoms with Crippen molar-refractivity contribution in [2.75, 3.05) is 0 Å². The van der Waals surface area contributed by atoms with Crippen LogP contribution in [-0.4, -0.2) is 46.1 Å². The Hall–Kier alpha value is -0.0800. The third-order valence-corrected chi connectivity index (χ3v) is 28.8. The second-order valence-corrected chi connectivity index (χ2v) is 31.8. The summed E-state index contributed by atoms with van der Waals surface area (Å²) in [6.07, 6.45) is 49.3. The van der Waals surface area contributed by atoms with Crippen LogP contribution in [0.3, 0.4) is 0 Å². The van der Waals surface area contributed by atoms with Crippen molar-refractivity contribution in [3.63, 3.8) is 0 Å². The fourth-order valence-corrected chi connectivity index (χ4v) is 26.2. The lowest BCUT2D eigenvalue weighted by Crippen LogP contribution is -2.58. The van der Waals surface area contributed by atoms with Crippen molar-refractivity contribution in [3.05, 3.63) is 0 Å². The minimum absolute atomic E-state index is 0.550. The molecule has 0 aromatic heterocycles. The quantitative estimate of drug-likeness (QED) is 0.262. The summed E-state index contributed by atoms with van der Waals surface area (Å²) in [4.78, 5) is 6.98. The van der Waals surface area contributed by atoms with Gasteiger partial charge in [0.05, 0.1) is 0 Å². The minimum Gasteiger partial charge on any atom is -0.294 e. The molecule has 13 aliphatic rings. The van der Waals surface area contributed by atoms with E-state index in [1.165, 1.54) is 103 Å². The molecule has 20 unspecified atom stereocenters. The number of hydrogen-bond donors (Lipinski definition) is 0. The zero-order chi connectivity index (χ0) is 46.5. The maximum atomic E-state index is 3.49. The van der Waals surface area contributed by atoms with Gasteiger partial charge in [0, 0.05) is 36.3 Å². The molecular weight excluding hydrogens is 821 g/mol. The molecule has 20 atom stereocenters. The molecule has 2 heteroatoms. The molecule has 384 valence electrons. The molecule has 68 heavy (non-hydrogen) atoms. The highest BCUT2D eigenvalue weighted by Gasteiger charge is 2.63. The fraction of sp³-hybridized carbons (Fsp3) is 1.00. The second-order valence-electron chi connectivity index (χ2n) is 31.8. The van der Waals surface area contributed by atoms with E-state index in [4.69, 9.17) is 0 Å². The standard InChI is InChI=1S/C66H110N2/c1-63(2)55-21-13-9-17-47(55)51-33-29-43(37-59(51)63)67(44-30-34-52-48-18-10-14-22-56(48)64(3,4)60(52)38-44)41-25-27-42(28-26-41)68(45-31-35-53-49-19-11-15-23-57(49)65(5,6)61(53)39-45)46-32-36-54-50-20-12-16-24-58(50)66(7,8)62(54)40-46/h41-62H,9-40H2,1-8H3. The Kier molecular flexibility index (Phi) is 12.4. The molecule has 0 aromatic carbocycles. The molecule has 13 aliphatic carbocycles. The van der Waals surface area contributed by atoms with Gasteiger partial charge in [-0.2, -0.15) is 0 Å². The molecule has 0 spiro atoms. The first-order valence-electron chi connectivity index (χ1n) is 32.3. The summed E-state index contributed by atoms with van der Waals surface area (Å²) < 4.78 is 0. The lowest BCUT2D eigenvalue weighted by atomic mass is 9.65. The monoisotopic (exact) mass is 931 g/mol. The van der Waals surface area contributed by atoms with Gasteiger partial charge in [0.1, 0.15) is 0 Å². The first-order valence-corrected chi connectivity index (χ1v) is 32.3. The second kappa shape index (κ2) is 17.8. The maximum Gasteiger partial charge on any atom is 0.0104 e. The summed E-state index contributed by atoms with van der Waals surface area (Å²) in [7, 11) is 0. The molecule has 0 aromatic rings. The van der Waals surface area contributed by atoms with Gasteiger partial charge < -0.3 is 0 Å². The molecule has 0 heterocycles. The Balaban J connectivity index is 0.788. The summed E-state index contributed by atoms with van der Waals surface area (Å²) in [6, 6.07) is 5.11. The first-order chi connectivity index (χ1) is 32.7. The van der Waals surface area contributed by atoms with Crippen molar-refractivity contribution >= 4 is 0 Å². The fourth-order valence-electron chi connectivity index (χ4n) is 26.2. The van der Waals surface area contributed by atoms with E-state index in [0.29, 0.717) is 21.7 Å². The van der Waals surface area contributed by atoms with E-state index >= 15 is 0 Å². The van der Waals surface area contributed by atoms with Gasteiger partial charge in [-0.1, -0.05) is 107 Å². The van der Waals surface area contributed by atoms with Gasteiger partial charge in [-0.05, 0) is 270 Å². The van der Waals surface area contributed by atoms with Crippen LogP contribution in [-0.2, 0) is 0 Å². The van der Waals surface area contributed by atoms with Gasteiger partial charge in [0.2, 0.25) is 0 Å². The Labute approximate surface area is 421 Å². The Morgan fingerprint density at radius 1 is 0.206 bits per heavy atom. The van der Waals surface area contributed by atoms with Crippen LogP contribution in [0.25, 0.3) is 0 Å². The van der Waals surface area contributed by atoms with E-state index in [1.54, 1.807) is 103 Å². The molecule has 0 bridgehead atoms. The van der Waals surface area contributed by atoms with Crippen molar-refractivity contribution in [2.24, 2.45) is 116 Å². The molecule has 0 aliphatic heterocycles. The van der Waals surface area contributed by atoms with Crippen molar-refractivity contribution in [1.29, 1.82) is 0 Å². The number of hydrogen-bond acceptors (Lipinski definition) is 2. The molecule has 0 radical (unpaired) electrons. The average molecular weight is 932 g/mol. The zero-order valence-corrected chi connectivity index (χ0v) is 46.2. The molecular formula is C66H110N2. The van der Waals surface area contributed by atoms with Crippen LogP contribution in [0.15, 0.2) is 0 Å². The molecule has 13 saturated carbocycles. The highest BCUT2D eigenvalue weighted by molar-refractivity contribution is 5.13. The normalized spacial score (nSPS) is 53.0. The highest BCUT2D eigenvalue weighted by Crippen LogP contribution is 2.68. The van der Waals surface area contributed by atoms with E-state index in [2.05, 4.69) is 65.2 Å². The van der Waals surface area contributed by atoms with E-state index in [1.807, 2.05) is 0 Å². The van der Waals surface area contributed by atoms with Crippen molar-refractivity contribution in [3.8, 4) is 0 Å². The summed E-state index contributed by atoms with van der Waals surface area (Å²) in [5, 5.41) is 0. The molecule has 0 saturated heterocycles. The Morgan fingerprint density at radius 2 is 0.397 bits per heavy atom. The van der Waals surface area contributed by atoms with E-state index in [9.17, 15) is 0 Å². The third kappa shape index (κ3) is 7.39. The van der Waals surface area contributed by atoms with Crippen LogP contribution in [0, 0.1) is 116 Å². The Bertz CT molecular complexity index is 1540. The van der Waals surface area contributed by atoms with Gasteiger partial charge in [-0.15, -0.1) is 0 Å². The summed E-state index contributed by atoms with van der Waals surface area (Å²) in [5.74, 6) is 16.3. The summed E-state index contributed by atoms with van der Waals surface area (Å²) >= 11 is 0. The first kappa shape index (κ1) is 47.6. The minimum atomic E-state index is 0.550. The van der Waals surface area contributed by atoms with Gasteiger partial charge in [-0.3, -0.25) is 9.80 Å². The van der Waals surface area contributed by atoms with Crippen molar-refractivity contribution < 1.29 is 0 Å². The van der Waals surface area contributed by atoms with Gasteiger partial charge in [0.25, 0.3) is 0 Å². The SMILES string of the molecule is CC1(C)C2CCCCC2C2CCC(N(C3CCC(N(C4CCC5C6CCCCC6C(C)(C)C5C4)C4CCC5C6CCCCC6C(C)(C)C5C4)CC3)C3CCC4C5CCCCC5C(C)(C)C4C3)CC21. The smallest absolute Gasteiger partial charge is 0.0104 e. The van der Waals surface area contributed by atoms with Crippen molar-refractivity contribution in [2.45, 2.75) is 297 Å².